The minimum absolute atomic E-state index is 0.415. The lowest BCUT2D eigenvalue weighted by atomic mass is 9.88. The lowest BCUT2D eigenvalue weighted by Gasteiger charge is -2.28. The third-order valence-corrected chi connectivity index (χ3v) is 4.68. The molecular formula is C18H20BrN. The van der Waals surface area contributed by atoms with E-state index in [1.807, 2.05) is 0 Å². The first-order valence-electron chi connectivity index (χ1n) is 7.30. The monoisotopic (exact) mass is 329 g/mol. The van der Waals surface area contributed by atoms with Gasteiger partial charge in [0.25, 0.3) is 0 Å². The lowest BCUT2D eigenvalue weighted by molar-refractivity contribution is 0.413. The van der Waals surface area contributed by atoms with Crippen molar-refractivity contribution in [1.29, 1.82) is 0 Å². The molecule has 0 aromatic heterocycles. The predicted molar refractivity (Wildman–Crippen MR) is 87.9 cm³/mol. The Balaban J connectivity index is 1.67. The van der Waals surface area contributed by atoms with E-state index in [1.165, 1.54) is 34.0 Å². The molecule has 1 aliphatic carbocycles. The summed E-state index contributed by atoms with van der Waals surface area (Å²) in [5, 5.41) is 3.78. The van der Waals surface area contributed by atoms with Crippen molar-refractivity contribution in [2.45, 2.75) is 38.3 Å². The van der Waals surface area contributed by atoms with Crippen LogP contribution in [0.3, 0.4) is 0 Å². The molecule has 2 aromatic rings. The van der Waals surface area contributed by atoms with Crippen LogP contribution < -0.4 is 5.32 Å². The third kappa shape index (κ3) is 3.13. The highest BCUT2D eigenvalue weighted by molar-refractivity contribution is 9.10. The van der Waals surface area contributed by atoms with Gasteiger partial charge in [0.1, 0.15) is 0 Å². The Morgan fingerprint density at radius 3 is 2.70 bits per heavy atom. The normalized spacial score (nSPS) is 19.4. The second kappa shape index (κ2) is 6.11. The first-order chi connectivity index (χ1) is 9.72. The fourth-order valence-corrected chi connectivity index (χ4v) is 3.47. The van der Waals surface area contributed by atoms with Gasteiger partial charge in [-0.15, -0.1) is 0 Å². The molecule has 2 heteroatoms. The average molecular weight is 330 g/mol. The van der Waals surface area contributed by atoms with Crippen molar-refractivity contribution >= 4 is 15.9 Å². The van der Waals surface area contributed by atoms with E-state index in [4.69, 9.17) is 0 Å². The second-order valence-corrected chi connectivity index (χ2v) is 6.57. The summed E-state index contributed by atoms with van der Waals surface area (Å²) in [6, 6.07) is 18.4. The van der Waals surface area contributed by atoms with E-state index in [9.17, 15) is 0 Å². The second-order valence-electron chi connectivity index (χ2n) is 5.65. The van der Waals surface area contributed by atoms with E-state index in [0.29, 0.717) is 12.1 Å². The van der Waals surface area contributed by atoms with E-state index in [2.05, 4.69) is 76.7 Å². The van der Waals surface area contributed by atoms with Crippen LogP contribution in [0.2, 0.25) is 0 Å². The maximum atomic E-state index is 3.78. The van der Waals surface area contributed by atoms with E-state index >= 15 is 0 Å². The molecule has 0 fully saturated rings. The average Bonchev–Trinajstić information content (AvgIpc) is 2.48. The molecule has 1 nitrogen and oxygen atoms in total. The summed E-state index contributed by atoms with van der Waals surface area (Å²) in [5.74, 6) is 0. The van der Waals surface area contributed by atoms with Gasteiger partial charge < -0.3 is 5.32 Å². The van der Waals surface area contributed by atoms with E-state index in [1.54, 1.807) is 0 Å². The van der Waals surface area contributed by atoms with Gasteiger partial charge in [-0.05, 0) is 55.0 Å². The van der Waals surface area contributed by atoms with Gasteiger partial charge in [0, 0.05) is 16.6 Å². The molecule has 1 N–H and O–H groups in total. The summed E-state index contributed by atoms with van der Waals surface area (Å²) >= 11 is 3.56. The molecule has 0 aliphatic heterocycles. The maximum Gasteiger partial charge on any atom is 0.0294 e. The highest BCUT2D eigenvalue weighted by Gasteiger charge is 2.20. The molecule has 1 aliphatic rings. The number of benzene rings is 2. The van der Waals surface area contributed by atoms with Gasteiger partial charge in [0.2, 0.25) is 0 Å². The van der Waals surface area contributed by atoms with E-state index in [-0.39, 0.29) is 0 Å². The molecule has 20 heavy (non-hydrogen) atoms. The molecule has 2 atom stereocenters. The number of fused-ring (bicyclic) bond motifs is 1. The number of nitrogens with one attached hydrogen (secondary N) is 1. The molecule has 1 unspecified atom stereocenters. The van der Waals surface area contributed by atoms with Crippen LogP contribution in [0.15, 0.2) is 53.0 Å². The first-order valence-corrected chi connectivity index (χ1v) is 8.10. The van der Waals surface area contributed by atoms with Crippen molar-refractivity contribution in [3.05, 3.63) is 69.7 Å². The topological polar surface area (TPSA) is 12.0 Å². The predicted octanol–water partition coefficient (Wildman–Crippen LogP) is 4.66. The number of hydrogen-bond donors (Lipinski definition) is 1. The van der Waals surface area contributed by atoms with Gasteiger partial charge in [-0.1, -0.05) is 52.3 Å². The number of rotatable bonds is 3. The minimum Gasteiger partial charge on any atom is -0.307 e. The Labute approximate surface area is 129 Å². The van der Waals surface area contributed by atoms with Crippen LogP contribution in [0.4, 0.5) is 0 Å². The number of halogens is 1. The van der Waals surface area contributed by atoms with Crippen molar-refractivity contribution in [2.75, 3.05) is 0 Å². The van der Waals surface area contributed by atoms with Crippen LogP contribution in [-0.2, 0) is 12.8 Å². The maximum absolute atomic E-state index is 3.78. The minimum atomic E-state index is 0.415. The first kappa shape index (κ1) is 13.8. The van der Waals surface area contributed by atoms with E-state index < -0.39 is 0 Å². The largest absolute Gasteiger partial charge is 0.307 e. The lowest BCUT2D eigenvalue weighted by Crippen LogP contribution is -2.36. The molecule has 0 spiro atoms. The summed E-state index contributed by atoms with van der Waals surface area (Å²) in [4.78, 5) is 0. The van der Waals surface area contributed by atoms with Gasteiger partial charge in [-0.2, -0.15) is 0 Å². The summed E-state index contributed by atoms with van der Waals surface area (Å²) in [6.07, 6.45) is 3.54. The van der Waals surface area contributed by atoms with Crippen LogP contribution in [0.1, 0.15) is 36.1 Å². The van der Waals surface area contributed by atoms with Crippen molar-refractivity contribution in [1.82, 2.24) is 5.32 Å². The molecule has 3 rings (SSSR count). The zero-order chi connectivity index (χ0) is 13.9. The Morgan fingerprint density at radius 1 is 1.10 bits per heavy atom. The van der Waals surface area contributed by atoms with Gasteiger partial charge in [0.15, 0.2) is 0 Å². The van der Waals surface area contributed by atoms with Crippen LogP contribution in [0, 0.1) is 0 Å². The molecule has 2 aromatic carbocycles. The van der Waals surface area contributed by atoms with Crippen LogP contribution in [0.25, 0.3) is 0 Å². The zero-order valence-electron chi connectivity index (χ0n) is 11.8. The van der Waals surface area contributed by atoms with Gasteiger partial charge >= 0.3 is 0 Å². The highest BCUT2D eigenvalue weighted by atomic mass is 79.9. The van der Waals surface area contributed by atoms with Crippen molar-refractivity contribution in [3.63, 3.8) is 0 Å². The standard InChI is InChI=1S/C18H20BrN/c1-13(14-5-3-2-4-6-14)20-18-10-8-15-11-17(19)9-7-16(15)12-18/h2-7,9,11,13,18,20H,8,10,12H2,1H3/t13-,18?/m0/s1. The molecule has 0 heterocycles. The number of hydrogen-bond acceptors (Lipinski definition) is 1. The van der Waals surface area contributed by atoms with Gasteiger partial charge in [-0.25, -0.2) is 0 Å². The molecule has 0 saturated carbocycles. The van der Waals surface area contributed by atoms with Crippen LogP contribution >= 0.6 is 15.9 Å². The molecule has 0 saturated heterocycles. The summed E-state index contributed by atoms with van der Waals surface area (Å²) in [7, 11) is 0. The Hall–Kier alpha value is -1.12. The quantitative estimate of drug-likeness (QED) is 0.863. The number of aryl methyl sites for hydroxylation is 1. The smallest absolute Gasteiger partial charge is 0.0294 e. The zero-order valence-corrected chi connectivity index (χ0v) is 13.4. The Morgan fingerprint density at radius 2 is 1.90 bits per heavy atom. The van der Waals surface area contributed by atoms with Crippen molar-refractivity contribution < 1.29 is 0 Å². The fourth-order valence-electron chi connectivity index (χ4n) is 3.06. The fraction of sp³-hybridized carbons (Fsp3) is 0.333. The van der Waals surface area contributed by atoms with E-state index in [0.717, 1.165) is 6.42 Å². The highest BCUT2D eigenvalue weighted by Crippen LogP contribution is 2.26. The van der Waals surface area contributed by atoms with Crippen LogP contribution in [-0.4, -0.2) is 6.04 Å². The Bertz CT molecular complexity index is 579. The molecular weight excluding hydrogens is 310 g/mol. The van der Waals surface area contributed by atoms with Crippen LogP contribution in [0.5, 0.6) is 0 Å². The third-order valence-electron chi connectivity index (χ3n) is 4.18. The SMILES string of the molecule is C[C@H](NC1CCc2cc(Br)ccc2C1)c1ccccc1. The molecule has 0 bridgehead atoms. The van der Waals surface area contributed by atoms with Gasteiger partial charge in [0.05, 0.1) is 0 Å². The Kier molecular flexibility index (Phi) is 4.23. The van der Waals surface area contributed by atoms with Crippen molar-refractivity contribution in [3.8, 4) is 0 Å². The summed E-state index contributed by atoms with van der Waals surface area (Å²) in [5.41, 5.74) is 4.37. The van der Waals surface area contributed by atoms with Crippen molar-refractivity contribution in [2.24, 2.45) is 0 Å². The summed E-state index contributed by atoms with van der Waals surface area (Å²) < 4.78 is 1.19. The molecule has 104 valence electrons. The van der Waals surface area contributed by atoms with Gasteiger partial charge in [-0.3, -0.25) is 0 Å². The summed E-state index contributed by atoms with van der Waals surface area (Å²) in [6.45, 7) is 2.26. The molecule has 0 radical (unpaired) electrons. The molecule has 0 amide bonds.